The highest BCUT2D eigenvalue weighted by Gasteiger charge is 2.28. The maximum atomic E-state index is 13.7. The van der Waals surface area contributed by atoms with Gasteiger partial charge in [0.1, 0.15) is 5.75 Å². The molecule has 0 spiro atoms. The Bertz CT molecular complexity index is 1320. The van der Waals surface area contributed by atoms with Crippen molar-refractivity contribution in [2.75, 3.05) is 6.61 Å². The number of ketones is 1. The fraction of sp³-hybridized carbons (Fsp3) is 0.0833. The molecule has 0 fully saturated rings. The number of hydrogen-bond acceptors (Lipinski definition) is 5. The maximum Gasteiger partial charge on any atom is 0.208 e. The van der Waals surface area contributed by atoms with Gasteiger partial charge in [-0.25, -0.2) is 8.42 Å². The molecule has 0 N–H and O–H groups in total. The van der Waals surface area contributed by atoms with Crippen LogP contribution in [0.3, 0.4) is 0 Å². The van der Waals surface area contributed by atoms with Crippen molar-refractivity contribution in [3.63, 3.8) is 0 Å². The van der Waals surface area contributed by atoms with Crippen LogP contribution in [0.1, 0.15) is 22.8 Å². The fourth-order valence-corrected chi connectivity index (χ4v) is 4.96. The molecule has 5 nitrogen and oxygen atoms in total. The molecule has 4 aromatic rings. The van der Waals surface area contributed by atoms with E-state index in [2.05, 4.69) is 4.98 Å². The molecule has 0 aliphatic rings. The number of hydrogen-bond donors (Lipinski definition) is 0. The Morgan fingerprint density at radius 1 is 0.933 bits per heavy atom. The fourth-order valence-electron chi connectivity index (χ4n) is 3.32. The molecule has 0 aliphatic carbocycles. The smallest absolute Gasteiger partial charge is 0.208 e. The van der Waals surface area contributed by atoms with Crippen molar-refractivity contribution in [1.82, 2.24) is 4.98 Å². The normalized spacial score (nSPS) is 11.4. The number of benzene rings is 3. The van der Waals surface area contributed by atoms with Gasteiger partial charge in [-0.3, -0.25) is 9.78 Å². The lowest BCUT2D eigenvalue weighted by molar-refractivity contribution is 0.103. The van der Waals surface area contributed by atoms with Gasteiger partial charge in [0.05, 0.1) is 27.5 Å². The summed E-state index contributed by atoms with van der Waals surface area (Å²) in [5, 5.41) is 0.353. The largest absolute Gasteiger partial charge is 0.494 e. The summed E-state index contributed by atoms with van der Waals surface area (Å²) in [6.07, 6.45) is 1.34. The Labute approximate surface area is 174 Å². The molecule has 3 aromatic carbocycles. The van der Waals surface area contributed by atoms with E-state index < -0.39 is 15.6 Å². The van der Waals surface area contributed by atoms with E-state index in [4.69, 9.17) is 4.74 Å². The molecule has 0 saturated carbocycles. The van der Waals surface area contributed by atoms with E-state index >= 15 is 0 Å². The highest BCUT2D eigenvalue weighted by Crippen LogP contribution is 2.33. The summed E-state index contributed by atoms with van der Waals surface area (Å²) in [5.74, 6) is 0.113. The number of aromatic nitrogens is 1. The van der Waals surface area contributed by atoms with Crippen molar-refractivity contribution in [3.8, 4) is 5.75 Å². The van der Waals surface area contributed by atoms with Crippen LogP contribution in [0, 0.1) is 0 Å². The molecule has 0 amide bonds. The summed E-state index contributed by atoms with van der Waals surface area (Å²) in [4.78, 5) is 17.7. The molecule has 0 radical (unpaired) electrons. The standard InChI is InChI=1S/C24H19NO4S/c1-2-29-18-13-14-22-20(15-18)24(30(27,28)19-11-7-4-8-12-19)21(16-25-22)23(26)17-9-5-3-6-10-17/h3-16H,2H2,1H3. The Kier molecular flexibility index (Phi) is 5.33. The zero-order chi connectivity index (χ0) is 21.1. The predicted molar refractivity (Wildman–Crippen MR) is 115 cm³/mol. The minimum Gasteiger partial charge on any atom is -0.494 e. The number of sulfone groups is 1. The Morgan fingerprint density at radius 2 is 1.60 bits per heavy atom. The second-order valence-electron chi connectivity index (χ2n) is 6.62. The van der Waals surface area contributed by atoms with Crippen LogP contribution in [0.5, 0.6) is 5.75 Å². The third kappa shape index (κ3) is 3.57. The predicted octanol–water partition coefficient (Wildman–Crippen LogP) is 4.70. The van der Waals surface area contributed by atoms with E-state index in [1.807, 2.05) is 6.92 Å². The molecule has 0 bridgehead atoms. The zero-order valence-corrected chi connectivity index (χ0v) is 17.1. The zero-order valence-electron chi connectivity index (χ0n) is 16.3. The van der Waals surface area contributed by atoms with E-state index in [9.17, 15) is 13.2 Å². The van der Waals surface area contributed by atoms with Crippen LogP contribution >= 0.6 is 0 Å². The van der Waals surface area contributed by atoms with Crippen molar-refractivity contribution < 1.29 is 17.9 Å². The summed E-state index contributed by atoms with van der Waals surface area (Å²) in [5.41, 5.74) is 0.896. The number of fused-ring (bicyclic) bond motifs is 1. The van der Waals surface area contributed by atoms with Gasteiger partial charge in [0, 0.05) is 17.1 Å². The summed E-state index contributed by atoms with van der Waals surface area (Å²) in [7, 11) is -4.00. The second kappa shape index (κ2) is 8.08. The monoisotopic (exact) mass is 417 g/mol. The molecule has 4 rings (SSSR count). The SMILES string of the molecule is CCOc1ccc2ncc(C(=O)c3ccccc3)c(S(=O)(=O)c3ccccc3)c2c1. The molecule has 6 heteroatoms. The van der Waals surface area contributed by atoms with Crippen LogP contribution in [0.15, 0.2) is 94.9 Å². The van der Waals surface area contributed by atoms with E-state index in [1.54, 1.807) is 66.7 Å². The van der Waals surface area contributed by atoms with Crippen LogP contribution in [-0.2, 0) is 9.84 Å². The number of nitrogens with zero attached hydrogens (tertiary/aromatic N) is 1. The first kappa shape index (κ1) is 19.8. The molecular weight excluding hydrogens is 398 g/mol. The van der Waals surface area contributed by atoms with Gasteiger partial charge in [0.25, 0.3) is 0 Å². The average molecular weight is 417 g/mol. The number of rotatable bonds is 6. The molecule has 0 aliphatic heterocycles. The van der Waals surface area contributed by atoms with Gasteiger partial charge in [-0.2, -0.15) is 0 Å². The molecule has 0 atom stereocenters. The highest BCUT2D eigenvalue weighted by atomic mass is 32.2. The van der Waals surface area contributed by atoms with Crippen molar-refractivity contribution in [1.29, 1.82) is 0 Å². The van der Waals surface area contributed by atoms with Gasteiger partial charge in [0.15, 0.2) is 5.78 Å². The average Bonchev–Trinajstić information content (AvgIpc) is 2.79. The summed E-state index contributed by atoms with van der Waals surface area (Å²) in [6.45, 7) is 2.28. The van der Waals surface area contributed by atoms with Crippen molar-refractivity contribution in [2.24, 2.45) is 0 Å². The van der Waals surface area contributed by atoms with Gasteiger partial charge in [-0.05, 0) is 37.3 Å². The van der Waals surface area contributed by atoms with Crippen LogP contribution < -0.4 is 4.74 Å². The third-order valence-electron chi connectivity index (χ3n) is 4.70. The summed E-state index contributed by atoms with van der Waals surface area (Å²) < 4.78 is 32.9. The molecule has 1 heterocycles. The number of carbonyl (C=O) groups excluding carboxylic acids is 1. The molecular formula is C24H19NO4S. The van der Waals surface area contributed by atoms with Gasteiger partial charge >= 0.3 is 0 Å². The topological polar surface area (TPSA) is 73.3 Å². The second-order valence-corrected chi connectivity index (χ2v) is 8.51. The van der Waals surface area contributed by atoms with Crippen molar-refractivity contribution >= 4 is 26.5 Å². The quantitative estimate of drug-likeness (QED) is 0.425. The van der Waals surface area contributed by atoms with Crippen LogP contribution in [-0.4, -0.2) is 25.8 Å². The van der Waals surface area contributed by atoms with Gasteiger partial charge in [0.2, 0.25) is 9.84 Å². The maximum absolute atomic E-state index is 13.7. The minimum atomic E-state index is -4.00. The minimum absolute atomic E-state index is 0.0335. The lowest BCUT2D eigenvalue weighted by atomic mass is 10.0. The van der Waals surface area contributed by atoms with Gasteiger partial charge in [-0.15, -0.1) is 0 Å². The highest BCUT2D eigenvalue weighted by molar-refractivity contribution is 7.91. The number of pyridine rings is 1. The summed E-state index contributed by atoms with van der Waals surface area (Å²) in [6, 6.07) is 21.7. The lowest BCUT2D eigenvalue weighted by Crippen LogP contribution is -2.12. The first-order valence-corrected chi connectivity index (χ1v) is 11.0. The molecule has 30 heavy (non-hydrogen) atoms. The Morgan fingerprint density at radius 3 is 2.27 bits per heavy atom. The number of ether oxygens (including phenoxy) is 1. The van der Waals surface area contributed by atoms with Gasteiger partial charge in [-0.1, -0.05) is 48.5 Å². The Balaban J connectivity index is 2.05. The molecule has 0 saturated heterocycles. The van der Waals surface area contributed by atoms with Gasteiger partial charge < -0.3 is 4.74 Å². The van der Waals surface area contributed by atoms with Crippen molar-refractivity contribution in [2.45, 2.75) is 16.7 Å². The Hall–Kier alpha value is -3.51. The van der Waals surface area contributed by atoms with E-state index in [-0.39, 0.29) is 15.4 Å². The van der Waals surface area contributed by atoms with Crippen LogP contribution in [0.25, 0.3) is 10.9 Å². The third-order valence-corrected chi connectivity index (χ3v) is 6.57. The van der Waals surface area contributed by atoms with Crippen molar-refractivity contribution in [3.05, 3.63) is 96.2 Å². The first-order chi connectivity index (χ1) is 14.5. The molecule has 150 valence electrons. The molecule has 0 unspecified atom stereocenters. The lowest BCUT2D eigenvalue weighted by Gasteiger charge is -2.14. The summed E-state index contributed by atoms with van der Waals surface area (Å²) >= 11 is 0. The number of carbonyl (C=O) groups is 1. The van der Waals surface area contributed by atoms with E-state index in [0.29, 0.717) is 28.8 Å². The first-order valence-electron chi connectivity index (χ1n) is 9.48. The van der Waals surface area contributed by atoms with Crippen LogP contribution in [0.2, 0.25) is 0 Å². The molecule has 1 aromatic heterocycles. The van der Waals surface area contributed by atoms with E-state index in [1.165, 1.54) is 18.3 Å². The van der Waals surface area contributed by atoms with Crippen LogP contribution in [0.4, 0.5) is 0 Å². The van der Waals surface area contributed by atoms with E-state index in [0.717, 1.165) is 0 Å².